The van der Waals surface area contributed by atoms with E-state index in [4.69, 9.17) is 0 Å². The molecule has 5 nitrogen and oxygen atoms in total. The molecule has 0 radical (unpaired) electrons. The van der Waals surface area contributed by atoms with Gasteiger partial charge in [-0.15, -0.1) is 12.4 Å². The van der Waals surface area contributed by atoms with E-state index >= 15 is 0 Å². The van der Waals surface area contributed by atoms with Gasteiger partial charge in [-0.2, -0.15) is 0 Å². The molecule has 2 aliphatic rings. The highest BCUT2D eigenvalue weighted by Gasteiger charge is 2.42. The molecule has 0 aromatic rings. The summed E-state index contributed by atoms with van der Waals surface area (Å²) in [4.78, 5) is 27.5. The standard InChI is InChI=1S/C19H35N3O2.ClH/c1-3-22(4-2)18(24)19(12-6-5-7-13-19)21-17(23)9-8-16-10-14-20-15-11-16;/h16,20H,3-15H2,1-2H3,(H,21,23);1H. The number of amides is 2. The van der Waals surface area contributed by atoms with Crippen LogP contribution in [0.3, 0.4) is 0 Å². The van der Waals surface area contributed by atoms with Gasteiger partial charge >= 0.3 is 0 Å². The van der Waals surface area contributed by atoms with E-state index in [0.717, 1.165) is 64.5 Å². The van der Waals surface area contributed by atoms with Crippen LogP contribution in [0.1, 0.15) is 71.6 Å². The Labute approximate surface area is 159 Å². The van der Waals surface area contributed by atoms with E-state index in [1.54, 1.807) is 0 Å². The molecule has 2 N–H and O–H groups in total. The van der Waals surface area contributed by atoms with E-state index in [2.05, 4.69) is 10.6 Å². The molecular formula is C19H36ClN3O2. The van der Waals surface area contributed by atoms with Gasteiger partial charge in [0, 0.05) is 19.5 Å². The monoisotopic (exact) mass is 373 g/mol. The van der Waals surface area contributed by atoms with Crippen molar-refractivity contribution in [3.05, 3.63) is 0 Å². The van der Waals surface area contributed by atoms with Gasteiger partial charge in [0.2, 0.25) is 11.8 Å². The Balaban J connectivity index is 0.00000312. The fourth-order valence-electron chi connectivity index (χ4n) is 4.20. The van der Waals surface area contributed by atoms with Crippen LogP contribution in [0.5, 0.6) is 0 Å². The number of hydrogen-bond acceptors (Lipinski definition) is 3. The zero-order valence-electron chi connectivity index (χ0n) is 15.9. The van der Waals surface area contributed by atoms with Crippen LogP contribution in [0.25, 0.3) is 0 Å². The molecule has 0 bridgehead atoms. The fourth-order valence-corrected chi connectivity index (χ4v) is 4.20. The lowest BCUT2D eigenvalue weighted by Gasteiger charge is -2.40. The summed E-state index contributed by atoms with van der Waals surface area (Å²) in [6.45, 7) is 7.57. The smallest absolute Gasteiger partial charge is 0.248 e. The molecule has 1 heterocycles. The number of likely N-dealkylation sites (N-methyl/N-ethyl adjacent to an activating group) is 1. The Bertz CT molecular complexity index is 415. The summed E-state index contributed by atoms with van der Waals surface area (Å²) in [5, 5.41) is 6.54. The van der Waals surface area contributed by atoms with Crippen molar-refractivity contribution in [3.8, 4) is 0 Å². The maximum absolute atomic E-state index is 13.0. The van der Waals surface area contributed by atoms with Crippen molar-refractivity contribution in [2.45, 2.75) is 77.2 Å². The number of rotatable bonds is 7. The van der Waals surface area contributed by atoms with Crippen LogP contribution < -0.4 is 10.6 Å². The average Bonchev–Trinajstić information content (AvgIpc) is 2.62. The second-order valence-corrected chi connectivity index (χ2v) is 7.40. The Hall–Kier alpha value is -0.810. The summed E-state index contributed by atoms with van der Waals surface area (Å²) in [7, 11) is 0. The Morgan fingerprint density at radius 2 is 1.68 bits per heavy atom. The molecule has 1 saturated carbocycles. The lowest BCUT2D eigenvalue weighted by molar-refractivity contribution is -0.143. The molecule has 0 aromatic heterocycles. The lowest BCUT2D eigenvalue weighted by Crippen LogP contribution is -2.60. The van der Waals surface area contributed by atoms with E-state index in [0.29, 0.717) is 25.4 Å². The normalized spacial score (nSPS) is 20.4. The van der Waals surface area contributed by atoms with Crippen molar-refractivity contribution in [2.24, 2.45) is 5.92 Å². The van der Waals surface area contributed by atoms with Crippen LogP contribution in [0.15, 0.2) is 0 Å². The Kier molecular flexibility index (Phi) is 9.80. The van der Waals surface area contributed by atoms with Gasteiger partial charge in [0.25, 0.3) is 0 Å². The van der Waals surface area contributed by atoms with Crippen LogP contribution in [0.4, 0.5) is 0 Å². The van der Waals surface area contributed by atoms with Crippen molar-refractivity contribution in [1.82, 2.24) is 15.5 Å². The minimum Gasteiger partial charge on any atom is -0.342 e. The average molecular weight is 374 g/mol. The molecule has 0 aromatic carbocycles. The second kappa shape index (κ2) is 11.0. The van der Waals surface area contributed by atoms with Crippen LogP contribution in [0, 0.1) is 5.92 Å². The van der Waals surface area contributed by atoms with Crippen molar-refractivity contribution >= 4 is 24.2 Å². The number of carbonyl (C=O) groups is 2. The predicted octanol–water partition coefficient (Wildman–Crippen LogP) is 2.88. The summed E-state index contributed by atoms with van der Waals surface area (Å²) >= 11 is 0. The maximum Gasteiger partial charge on any atom is 0.248 e. The third-order valence-corrected chi connectivity index (χ3v) is 5.78. The Morgan fingerprint density at radius 3 is 2.24 bits per heavy atom. The molecule has 0 atom stereocenters. The first-order valence-electron chi connectivity index (χ1n) is 9.92. The van der Waals surface area contributed by atoms with Crippen molar-refractivity contribution < 1.29 is 9.59 Å². The molecule has 0 spiro atoms. The number of hydrogen-bond donors (Lipinski definition) is 2. The highest BCUT2D eigenvalue weighted by Crippen LogP contribution is 2.30. The molecule has 1 aliphatic heterocycles. The minimum absolute atomic E-state index is 0. The number of carbonyl (C=O) groups excluding carboxylic acids is 2. The van der Waals surface area contributed by atoms with Crippen LogP contribution in [0.2, 0.25) is 0 Å². The van der Waals surface area contributed by atoms with Crippen molar-refractivity contribution in [3.63, 3.8) is 0 Å². The molecule has 1 saturated heterocycles. The van der Waals surface area contributed by atoms with Crippen molar-refractivity contribution in [1.29, 1.82) is 0 Å². The van der Waals surface area contributed by atoms with Gasteiger partial charge in [0.15, 0.2) is 0 Å². The quantitative estimate of drug-likeness (QED) is 0.721. The molecule has 2 rings (SSSR count). The fraction of sp³-hybridized carbons (Fsp3) is 0.895. The van der Waals surface area contributed by atoms with E-state index < -0.39 is 5.54 Å². The highest BCUT2D eigenvalue weighted by atomic mass is 35.5. The summed E-state index contributed by atoms with van der Waals surface area (Å²) in [6, 6.07) is 0. The number of nitrogens with zero attached hydrogens (tertiary/aromatic N) is 1. The third kappa shape index (κ3) is 6.14. The SMILES string of the molecule is CCN(CC)C(=O)C1(NC(=O)CCC2CCNCC2)CCCCC1.Cl. The van der Waals surface area contributed by atoms with Crippen LogP contribution in [-0.2, 0) is 9.59 Å². The summed E-state index contributed by atoms with van der Waals surface area (Å²) in [5.41, 5.74) is -0.643. The summed E-state index contributed by atoms with van der Waals surface area (Å²) < 4.78 is 0. The van der Waals surface area contributed by atoms with Gasteiger partial charge in [-0.1, -0.05) is 19.3 Å². The molecular weight excluding hydrogens is 338 g/mol. The first-order chi connectivity index (χ1) is 11.6. The van der Waals surface area contributed by atoms with Gasteiger partial charge in [-0.05, 0) is 65.0 Å². The van der Waals surface area contributed by atoms with E-state index in [9.17, 15) is 9.59 Å². The molecule has 1 aliphatic carbocycles. The first-order valence-corrected chi connectivity index (χ1v) is 9.92. The van der Waals surface area contributed by atoms with Crippen LogP contribution in [-0.4, -0.2) is 48.4 Å². The van der Waals surface area contributed by atoms with Gasteiger partial charge in [-0.3, -0.25) is 9.59 Å². The second-order valence-electron chi connectivity index (χ2n) is 7.40. The highest BCUT2D eigenvalue weighted by molar-refractivity contribution is 5.91. The maximum atomic E-state index is 13.0. The number of piperidine rings is 1. The third-order valence-electron chi connectivity index (χ3n) is 5.78. The predicted molar refractivity (Wildman–Crippen MR) is 104 cm³/mol. The minimum atomic E-state index is -0.643. The van der Waals surface area contributed by atoms with Crippen molar-refractivity contribution in [2.75, 3.05) is 26.2 Å². The zero-order valence-corrected chi connectivity index (χ0v) is 16.8. The molecule has 2 amide bonds. The number of halogens is 1. The molecule has 0 unspecified atom stereocenters. The Morgan fingerprint density at radius 1 is 1.08 bits per heavy atom. The van der Waals surface area contributed by atoms with E-state index in [-0.39, 0.29) is 24.2 Å². The number of nitrogens with one attached hydrogen (secondary N) is 2. The lowest BCUT2D eigenvalue weighted by atomic mass is 9.80. The summed E-state index contributed by atoms with van der Waals surface area (Å²) in [6.07, 6.45) is 8.64. The molecule has 146 valence electrons. The van der Waals surface area contributed by atoms with E-state index in [1.165, 1.54) is 0 Å². The summed E-state index contributed by atoms with van der Waals surface area (Å²) in [5.74, 6) is 0.844. The van der Waals surface area contributed by atoms with Gasteiger partial charge in [0.1, 0.15) is 5.54 Å². The molecule has 6 heteroatoms. The van der Waals surface area contributed by atoms with Gasteiger partial charge < -0.3 is 15.5 Å². The van der Waals surface area contributed by atoms with Gasteiger partial charge in [-0.25, -0.2) is 0 Å². The van der Waals surface area contributed by atoms with Gasteiger partial charge in [0.05, 0.1) is 0 Å². The topological polar surface area (TPSA) is 61.4 Å². The van der Waals surface area contributed by atoms with E-state index in [1.807, 2.05) is 18.7 Å². The largest absolute Gasteiger partial charge is 0.342 e. The molecule has 25 heavy (non-hydrogen) atoms. The van der Waals surface area contributed by atoms with Crippen LogP contribution >= 0.6 is 12.4 Å². The first kappa shape index (κ1) is 22.2. The zero-order chi connectivity index (χ0) is 17.4. The molecule has 2 fully saturated rings.